The summed E-state index contributed by atoms with van der Waals surface area (Å²) in [5, 5.41) is 0. The number of carbonyl (C=O) groups is 3. The molecular weight excluding hydrogens is 747 g/mol. The Morgan fingerprint density at radius 1 is 0.450 bits per heavy atom. The number of unbranched alkanes of at least 4 members (excludes halogenated alkanes) is 20. The largest absolute Gasteiger partial charge is 0.462 e. The fraction of sp³-hybridized carbons (Fsp3) is 0.943. The Balaban J connectivity index is -0.000000953. The van der Waals surface area contributed by atoms with Gasteiger partial charge in [0.1, 0.15) is 18.7 Å². The topological polar surface area (TPSA) is 82.1 Å². The molecule has 0 aliphatic heterocycles. The molecule has 0 aliphatic carbocycles. The molecule has 0 bridgehead atoms. The van der Waals surface area contributed by atoms with Gasteiger partial charge in [0.25, 0.3) is 0 Å². The first-order valence-electron chi connectivity index (χ1n) is 26.0. The van der Waals surface area contributed by atoms with Crippen molar-refractivity contribution in [1.82, 2.24) is 4.90 Å². The lowest BCUT2D eigenvalue weighted by Gasteiger charge is -2.18. The van der Waals surface area contributed by atoms with Crippen LogP contribution in [0.1, 0.15) is 259 Å². The lowest BCUT2D eigenvalue weighted by atomic mass is 9.93. The summed E-state index contributed by atoms with van der Waals surface area (Å²) in [6.45, 7) is 11.6. The van der Waals surface area contributed by atoms with E-state index in [2.05, 4.69) is 32.6 Å². The van der Waals surface area contributed by atoms with Gasteiger partial charge >= 0.3 is 5.97 Å². The van der Waals surface area contributed by atoms with Crippen molar-refractivity contribution in [2.75, 3.05) is 48.1 Å². The normalized spacial score (nSPS) is 11.2. The highest BCUT2D eigenvalue weighted by atomic mass is 16.5. The first-order valence-corrected chi connectivity index (χ1v) is 26.0. The second-order valence-corrected chi connectivity index (χ2v) is 18.1. The number of ether oxygens (including phenoxy) is 3. The fourth-order valence-corrected chi connectivity index (χ4v) is 7.82. The number of hydrogen-bond acceptors (Lipinski definition) is 7. The highest BCUT2D eigenvalue weighted by Gasteiger charge is 2.14. The number of aldehydes is 2. The fourth-order valence-electron chi connectivity index (χ4n) is 7.82. The maximum absolute atomic E-state index is 12.3. The van der Waals surface area contributed by atoms with Gasteiger partial charge < -0.3 is 28.7 Å². The summed E-state index contributed by atoms with van der Waals surface area (Å²) in [6.07, 6.45) is 45.6. The minimum Gasteiger partial charge on any atom is -0.462 e. The third-order valence-electron chi connectivity index (χ3n) is 11.8. The minimum absolute atomic E-state index is 0.00636. The van der Waals surface area contributed by atoms with Crippen molar-refractivity contribution in [2.45, 2.75) is 265 Å². The Bertz CT molecular complexity index is 751. The summed E-state index contributed by atoms with van der Waals surface area (Å²) in [7, 11) is 7.64. The lowest BCUT2D eigenvalue weighted by molar-refractivity contribution is -0.150. The molecule has 0 saturated carbocycles. The second-order valence-electron chi connectivity index (χ2n) is 18.1. The Kier molecular flexibility index (Phi) is 58.5. The molecule has 0 aromatic heterocycles. The quantitative estimate of drug-likeness (QED) is 0.0343. The van der Waals surface area contributed by atoms with Gasteiger partial charge in [0.15, 0.2) is 0 Å². The molecule has 360 valence electrons. The summed E-state index contributed by atoms with van der Waals surface area (Å²) in [5.74, 6) is 1.34. The van der Waals surface area contributed by atoms with Crippen LogP contribution in [0, 0.1) is 11.8 Å². The lowest BCUT2D eigenvalue weighted by Crippen LogP contribution is -2.20. The molecule has 0 unspecified atom stereocenters. The highest BCUT2D eigenvalue weighted by molar-refractivity contribution is 5.69. The molecule has 0 N–H and O–H groups in total. The minimum atomic E-state index is -0.00636. The molecule has 0 spiro atoms. The maximum Gasteiger partial charge on any atom is 0.306 e. The Hall–Kier alpha value is -1.31. The van der Waals surface area contributed by atoms with Crippen molar-refractivity contribution in [3.05, 3.63) is 0 Å². The molecule has 0 radical (unpaired) electrons. The monoisotopic (exact) mass is 854 g/mol. The van der Waals surface area contributed by atoms with E-state index < -0.39 is 0 Å². The zero-order valence-corrected chi connectivity index (χ0v) is 41.9. The van der Waals surface area contributed by atoms with Gasteiger partial charge in [0.05, 0.1) is 0 Å². The summed E-state index contributed by atoms with van der Waals surface area (Å²) < 4.78 is 16.1. The number of rotatable bonds is 45. The van der Waals surface area contributed by atoms with Gasteiger partial charge in [-0.2, -0.15) is 0 Å². The van der Waals surface area contributed by atoms with Crippen molar-refractivity contribution in [3.63, 3.8) is 0 Å². The first-order chi connectivity index (χ1) is 29.3. The molecule has 7 nitrogen and oxygen atoms in total. The number of carbonyl (C=O) groups excluding carboxylic acids is 3. The van der Waals surface area contributed by atoms with Crippen LogP contribution in [0.15, 0.2) is 0 Å². The van der Waals surface area contributed by atoms with E-state index in [1.165, 1.54) is 193 Å². The highest BCUT2D eigenvalue weighted by Crippen LogP contribution is 2.21. The molecule has 0 aliphatic rings. The van der Waals surface area contributed by atoms with E-state index in [1.54, 1.807) is 14.2 Å². The molecule has 0 saturated heterocycles. The van der Waals surface area contributed by atoms with Crippen molar-refractivity contribution in [1.29, 1.82) is 0 Å². The maximum atomic E-state index is 12.3. The van der Waals surface area contributed by atoms with Crippen LogP contribution in [0.4, 0.5) is 0 Å². The average molecular weight is 854 g/mol. The van der Waals surface area contributed by atoms with Gasteiger partial charge in [-0.25, -0.2) is 0 Å². The number of esters is 1. The summed E-state index contributed by atoms with van der Waals surface area (Å²) >= 11 is 0. The van der Waals surface area contributed by atoms with E-state index in [4.69, 9.17) is 14.2 Å². The van der Waals surface area contributed by atoms with Crippen LogP contribution < -0.4 is 0 Å². The second kappa shape index (κ2) is 55.7. The molecule has 0 fully saturated rings. The van der Waals surface area contributed by atoms with Gasteiger partial charge in [-0.3, -0.25) is 4.79 Å². The Labute approximate surface area is 375 Å². The van der Waals surface area contributed by atoms with Gasteiger partial charge in [-0.15, -0.1) is 0 Å². The van der Waals surface area contributed by atoms with Gasteiger partial charge in [-0.1, -0.05) is 195 Å². The third kappa shape index (κ3) is 54.7. The van der Waals surface area contributed by atoms with Crippen LogP contribution in [0.3, 0.4) is 0 Å². The first kappa shape index (κ1) is 63.0. The third-order valence-corrected chi connectivity index (χ3v) is 11.8. The van der Waals surface area contributed by atoms with Crippen LogP contribution >= 0.6 is 0 Å². The van der Waals surface area contributed by atoms with E-state index >= 15 is 0 Å². The molecule has 0 aromatic carbocycles. The van der Waals surface area contributed by atoms with Crippen LogP contribution in [-0.2, 0) is 28.6 Å². The van der Waals surface area contributed by atoms with Gasteiger partial charge in [0.2, 0.25) is 0 Å². The van der Waals surface area contributed by atoms with E-state index in [1.807, 2.05) is 14.1 Å². The number of hydrogen-bond donors (Lipinski definition) is 0. The van der Waals surface area contributed by atoms with E-state index in [0.29, 0.717) is 18.3 Å². The van der Waals surface area contributed by atoms with E-state index in [0.717, 1.165) is 64.4 Å². The molecule has 0 aromatic rings. The Morgan fingerprint density at radius 2 is 0.767 bits per heavy atom. The van der Waals surface area contributed by atoms with Gasteiger partial charge in [0, 0.05) is 46.7 Å². The molecule has 0 amide bonds. The number of methoxy groups -OCH3 is 2. The molecule has 7 heteroatoms. The van der Waals surface area contributed by atoms with Crippen molar-refractivity contribution < 1.29 is 28.6 Å². The Morgan fingerprint density at radius 3 is 1.07 bits per heavy atom. The molecule has 0 atom stereocenters. The van der Waals surface area contributed by atoms with E-state index in [9.17, 15) is 14.4 Å². The molecular formula is C53H107NO6. The van der Waals surface area contributed by atoms with Crippen LogP contribution in [0.2, 0.25) is 0 Å². The average Bonchev–Trinajstić information content (AvgIpc) is 3.23. The van der Waals surface area contributed by atoms with E-state index in [-0.39, 0.29) is 12.1 Å². The molecule has 0 rings (SSSR count). The van der Waals surface area contributed by atoms with Crippen molar-refractivity contribution >= 4 is 18.5 Å². The summed E-state index contributed by atoms with van der Waals surface area (Å²) in [6, 6.07) is 0. The zero-order valence-electron chi connectivity index (χ0n) is 41.9. The van der Waals surface area contributed by atoms with Crippen LogP contribution in [0.25, 0.3) is 0 Å². The van der Waals surface area contributed by atoms with Crippen molar-refractivity contribution in [2.24, 2.45) is 11.8 Å². The molecule has 60 heavy (non-hydrogen) atoms. The standard InChI is InChI=1S/C27H55NO4.2C13H26O/c1-28(2)23-19-22-27(29)32-26(20-15-11-7-5-9-13-17-24-30-3)21-16-12-8-6-10-14-18-25-31-4;2*1-3-5-7-9-13(11-12-14)10-8-6-4-2/h26H,5-25H2,1-4H3;2*12-13H,3-11H2,1-2H3. The van der Waals surface area contributed by atoms with Gasteiger partial charge in [-0.05, 0) is 77.4 Å². The predicted octanol–water partition coefficient (Wildman–Crippen LogP) is 15.5. The van der Waals surface area contributed by atoms with Crippen LogP contribution in [0.5, 0.6) is 0 Å². The van der Waals surface area contributed by atoms with Crippen molar-refractivity contribution in [3.8, 4) is 0 Å². The summed E-state index contributed by atoms with van der Waals surface area (Å²) in [5.41, 5.74) is 0. The predicted molar refractivity (Wildman–Crippen MR) is 260 cm³/mol. The van der Waals surface area contributed by atoms with Crippen LogP contribution in [-0.4, -0.2) is 77.6 Å². The summed E-state index contributed by atoms with van der Waals surface area (Å²) in [4.78, 5) is 35.4. The number of nitrogens with zero attached hydrogens (tertiary/aromatic N) is 1. The zero-order chi connectivity index (χ0) is 45.0. The molecule has 0 heterocycles. The SMILES string of the molecule is CCCCCC(CC=O)CCCCC.CCCCCC(CC=O)CCCCC.COCCCCCCCCCC(CCCCCCCCCOC)OC(=O)CCCN(C)C. The smallest absolute Gasteiger partial charge is 0.306 e.